The van der Waals surface area contributed by atoms with Gasteiger partial charge in [0.25, 0.3) is 0 Å². The Bertz CT molecular complexity index is 546. The molecule has 0 aliphatic heterocycles. The first kappa shape index (κ1) is 16.4. The summed E-state index contributed by atoms with van der Waals surface area (Å²) in [5, 5.41) is 0. The Morgan fingerprint density at radius 2 is 1.89 bits per heavy atom. The van der Waals surface area contributed by atoms with E-state index in [1.807, 2.05) is 20.8 Å². The summed E-state index contributed by atoms with van der Waals surface area (Å²) in [5.74, 6) is -0.361. The van der Waals surface area contributed by atoms with Gasteiger partial charge < -0.3 is 0 Å². The number of alkyl halides is 1. The molecule has 0 saturated carbocycles. The second-order valence-corrected chi connectivity index (χ2v) is 7.16. The lowest BCUT2D eigenvalue weighted by Gasteiger charge is -2.27. The van der Waals surface area contributed by atoms with Crippen molar-refractivity contribution in [2.24, 2.45) is 5.92 Å². The van der Waals surface area contributed by atoms with Gasteiger partial charge in [-0.05, 0) is 31.0 Å². The van der Waals surface area contributed by atoms with Crippen molar-refractivity contribution in [3.8, 4) is 0 Å². The highest BCUT2D eigenvalue weighted by atomic mass is 35.5. The average Bonchev–Trinajstić information content (AvgIpc) is 2.36. The van der Waals surface area contributed by atoms with Gasteiger partial charge >= 0.3 is 0 Å². The van der Waals surface area contributed by atoms with E-state index >= 15 is 0 Å². The van der Waals surface area contributed by atoms with Gasteiger partial charge in [-0.2, -0.15) is 4.31 Å². The second kappa shape index (κ2) is 6.20. The maximum Gasteiger partial charge on any atom is 0.243 e. The molecule has 0 fully saturated rings. The fourth-order valence-corrected chi connectivity index (χ4v) is 3.37. The van der Waals surface area contributed by atoms with E-state index in [0.29, 0.717) is 0 Å². The smallest absolute Gasteiger partial charge is 0.207 e. The number of hydrogen-bond acceptors (Lipinski definition) is 2. The lowest BCUT2D eigenvalue weighted by molar-refractivity contribution is 0.315. The molecule has 1 unspecified atom stereocenters. The van der Waals surface area contributed by atoms with Gasteiger partial charge in [-0.15, -0.1) is 11.6 Å². The molecular weight excluding hydrogens is 289 g/mol. The molecule has 1 aromatic rings. The molecule has 6 heteroatoms. The highest BCUT2D eigenvalue weighted by Gasteiger charge is 2.27. The number of sulfonamides is 1. The third kappa shape index (κ3) is 3.46. The zero-order valence-corrected chi connectivity index (χ0v) is 13.1. The first-order chi connectivity index (χ1) is 8.71. The quantitative estimate of drug-likeness (QED) is 0.783. The molecule has 1 aromatic carbocycles. The van der Waals surface area contributed by atoms with Crippen LogP contribution in [0.25, 0.3) is 0 Å². The molecule has 108 valence electrons. The highest BCUT2D eigenvalue weighted by molar-refractivity contribution is 7.89. The molecule has 0 aliphatic carbocycles. The van der Waals surface area contributed by atoms with Crippen LogP contribution in [0.2, 0.25) is 0 Å². The topological polar surface area (TPSA) is 37.4 Å². The SMILES string of the molecule is CC(C)C(C)N(C)S(=O)(=O)c1ccc(F)c(CCl)c1. The van der Waals surface area contributed by atoms with E-state index in [1.165, 1.54) is 23.5 Å². The highest BCUT2D eigenvalue weighted by Crippen LogP contribution is 2.22. The third-order valence-corrected chi connectivity index (χ3v) is 5.60. The zero-order chi connectivity index (χ0) is 14.8. The number of rotatable bonds is 5. The fourth-order valence-electron chi connectivity index (χ4n) is 1.62. The van der Waals surface area contributed by atoms with Crippen LogP contribution in [0.15, 0.2) is 23.1 Å². The predicted molar refractivity (Wildman–Crippen MR) is 75.2 cm³/mol. The standard InChI is InChI=1S/C13H19ClFNO2S/c1-9(2)10(3)16(4)19(17,18)12-5-6-13(15)11(7-12)8-14/h5-7,9-10H,8H2,1-4H3. The van der Waals surface area contributed by atoms with Crippen molar-refractivity contribution in [2.45, 2.75) is 37.6 Å². The Hall–Kier alpha value is -0.650. The van der Waals surface area contributed by atoms with Crippen molar-refractivity contribution in [3.05, 3.63) is 29.6 Å². The molecule has 0 radical (unpaired) electrons. The number of nitrogens with zero attached hydrogens (tertiary/aromatic N) is 1. The van der Waals surface area contributed by atoms with Gasteiger partial charge in [0.1, 0.15) is 5.82 Å². The van der Waals surface area contributed by atoms with Crippen LogP contribution in [-0.2, 0) is 15.9 Å². The van der Waals surface area contributed by atoms with Crippen molar-refractivity contribution >= 4 is 21.6 Å². The van der Waals surface area contributed by atoms with Crippen LogP contribution in [0.4, 0.5) is 4.39 Å². The van der Waals surface area contributed by atoms with Gasteiger partial charge in [-0.25, -0.2) is 12.8 Å². The van der Waals surface area contributed by atoms with Gasteiger partial charge in [0.05, 0.1) is 10.8 Å². The summed E-state index contributed by atoms with van der Waals surface area (Å²) in [7, 11) is -2.09. The molecule has 1 atom stereocenters. The molecule has 0 spiro atoms. The molecule has 19 heavy (non-hydrogen) atoms. The first-order valence-corrected chi connectivity index (χ1v) is 8.01. The van der Waals surface area contributed by atoms with E-state index in [0.717, 1.165) is 6.07 Å². The Balaban J connectivity index is 3.20. The van der Waals surface area contributed by atoms with Gasteiger partial charge in [-0.1, -0.05) is 13.8 Å². The van der Waals surface area contributed by atoms with Crippen molar-refractivity contribution in [3.63, 3.8) is 0 Å². The summed E-state index contributed by atoms with van der Waals surface area (Å²) in [4.78, 5) is 0.0690. The molecular formula is C13H19ClFNO2S. The van der Waals surface area contributed by atoms with E-state index in [4.69, 9.17) is 11.6 Å². The van der Waals surface area contributed by atoms with Gasteiger partial charge in [0, 0.05) is 18.7 Å². The monoisotopic (exact) mass is 307 g/mol. The zero-order valence-electron chi connectivity index (χ0n) is 11.5. The Morgan fingerprint density at radius 3 is 2.37 bits per heavy atom. The van der Waals surface area contributed by atoms with Crippen LogP contribution in [0.5, 0.6) is 0 Å². The molecule has 0 N–H and O–H groups in total. The summed E-state index contributed by atoms with van der Waals surface area (Å²) in [6, 6.07) is 3.55. The van der Waals surface area contributed by atoms with Crippen LogP contribution in [0, 0.1) is 11.7 Å². The summed E-state index contributed by atoms with van der Waals surface area (Å²) in [5.41, 5.74) is 0.188. The molecule has 0 heterocycles. The summed E-state index contributed by atoms with van der Waals surface area (Å²) >= 11 is 5.60. The molecule has 3 nitrogen and oxygen atoms in total. The fraction of sp³-hybridized carbons (Fsp3) is 0.538. The van der Waals surface area contributed by atoms with Gasteiger partial charge in [0.15, 0.2) is 0 Å². The van der Waals surface area contributed by atoms with Crippen LogP contribution < -0.4 is 0 Å². The minimum atomic E-state index is -3.62. The number of hydrogen-bond donors (Lipinski definition) is 0. The summed E-state index contributed by atoms with van der Waals surface area (Å²) < 4.78 is 39.5. The average molecular weight is 308 g/mol. The summed E-state index contributed by atoms with van der Waals surface area (Å²) in [6.45, 7) is 5.74. The number of benzene rings is 1. The van der Waals surface area contributed by atoms with Crippen LogP contribution in [0.3, 0.4) is 0 Å². The van der Waals surface area contributed by atoms with Crippen LogP contribution in [0.1, 0.15) is 26.3 Å². The summed E-state index contributed by atoms with van der Waals surface area (Å²) in [6.07, 6.45) is 0. The minimum Gasteiger partial charge on any atom is -0.207 e. The Morgan fingerprint density at radius 1 is 1.32 bits per heavy atom. The molecule has 0 aliphatic rings. The van der Waals surface area contributed by atoms with Gasteiger partial charge in [0.2, 0.25) is 10.0 Å². The normalized spacial score (nSPS) is 14.1. The van der Waals surface area contributed by atoms with Gasteiger partial charge in [-0.3, -0.25) is 0 Å². The Labute approximate surface area is 119 Å². The maximum atomic E-state index is 13.4. The lowest BCUT2D eigenvalue weighted by atomic mass is 10.1. The minimum absolute atomic E-state index is 0.0569. The van der Waals surface area contributed by atoms with Crippen molar-refractivity contribution in [1.82, 2.24) is 4.31 Å². The maximum absolute atomic E-state index is 13.4. The largest absolute Gasteiger partial charge is 0.243 e. The molecule has 0 bridgehead atoms. The third-order valence-electron chi connectivity index (χ3n) is 3.38. The van der Waals surface area contributed by atoms with E-state index in [-0.39, 0.29) is 28.3 Å². The van der Waals surface area contributed by atoms with Crippen molar-refractivity contribution in [1.29, 1.82) is 0 Å². The molecule has 0 aromatic heterocycles. The molecule has 0 amide bonds. The lowest BCUT2D eigenvalue weighted by Crippen LogP contribution is -2.38. The van der Waals surface area contributed by atoms with Crippen molar-refractivity contribution in [2.75, 3.05) is 7.05 Å². The van der Waals surface area contributed by atoms with E-state index < -0.39 is 15.8 Å². The van der Waals surface area contributed by atoms with Crippen LogP contribution in [-0.4, -0.2) is 25.8 Å². The molecule has 1 rings (SSSR count). The molecule has 0 saturated heterocycles. The van der Waals surface area contributed by atoms with E-state index in [2.05, 4.69) is 0 Å². The van der Waals surface area contributed by atoms with Crippen LogP contribution >= 0.6 is 11.6 Å². The first-order valence-electron chi connectivity index (χ1n) is 6.04. The predicted octanol–water partition coefficient (Wildman–Crippen LogP) is 3.23. The number of halogens is 2. The Kier molecular flexibility index (Phi) is 5.35. The van der Waals surface area contributed by atoms with Crippen molar-refractivity contribution < 1.29 is 12.8 Å². The van der Waals surface area contributed by atoms with E-state index in [9.17, 15) is 12.8 Å². The van der Waals surface area contributed by atoms with E-state index in [1.54, 1.807) is 0 Å². The second-order valence-electron chi connectivity index (χ2n) is 4.89.